The Morgan fingerprint density at radius 1 is 0.852 bits per heavy atom. The van der Waals surface area contributed by atoms with Crippen LogP contribution in [0.2, 0.25) is 0 Å². The zero-order valence-electron chi connectivity index (χ0n) is 15.6. The quantitative estimate of drug-likeness (QED) is 0.886. The van der Waals surface area contributed by atoms with Crippen LogP contribution in [0.3, 0.4) is 0 Å². The van der Waals surface area contributed by atoms with E-state index in [1.807, 2.05) is 29.2 Å². The monoisotopic (exact) mass is 366 g/mol. The summed E-state index contributed by atoms with van der Waals surface area (Å²) < 4.78 is 0. The van der Waals surface area contributed by atoms with Gasteiger partial charge in [-0.05, 0) is 35.7 Å². The van der Waals surface area contributed by atoms with Gasteiger partial charge in [0.05, 0.1) is 5.56 Å². The van der Waals surface area contributed by atoms with Crippen LogP contribution in [-0.4, -0.2) is 52.9 Å². The van der Waals surface area contributed by atoms with E-state index >= 15 is 0 Å². The Labute approximate surface area is 159 Å². The van der Waals surface area contributed by atoms with Crippen LogP contribution < -0.4 is 0 Å². The van der Waals surface area contributed by atoms with Gasteiger partial charge in [0.1, 0.15) is 5.75 Å². The molecule has 1 saturated carbocycles. The van der Waals surface area contributed by atoms with Gasteiger partial charge in [0.15, 0.2) is 0 Å². The molecular weight excluding hydrogens is 340 g/mol. The zero-order valence-corrected chi connectivity index (χ0v) is 15.6. The molecular formula is C22H26N2O3. The van der Waals surface area contributed by atoms with Crippen LogP contribution in [0.5, 0.6) is 5.75 Å². The van der Waals surface area contributed by atoms with Gasteiger partial charge in [-0.1, -0.05) is 43.5 Å². The maximum absolute atomic E-state index is 12.9. The number of nitrogens with zero attached hydrogens (tertiary/aromatic N) is 2. The molecule has 2 amide bonds. The van der Waals surface area contributed by atoms with E-state index in [-0.39, 0.29) is 23.5 Å². The molecule has 4 rings (SSSR count). The first-order chi connectivity index (χ1) is 13.1. The van der Waals surface area contributed by atoms with E-state index < -0.39 is 0 Å². The summed E-state index contributed by atoms with van der Waals surface area (Å²) in [6.45, 7) is 2.19. The molecule has 2 aromatic carbocycles. The van der Waals surface area contributed by atoms with E-state index in [0.29, 0.717) is 31.7 Å². The lowest BCUT2D eigenvalue weighted by Gasteiger charge is -2.37. The van der Waals surface area contributed by atoms with Gasteiger partial charge < -0.3 is 14.9 Å². The molecule has 0 spiro atoms. The summed E-state index contributed by atoms with van der Waals surface area (Å²) in [4.78, 5) is 29.2. The van der Waals surface area contributed by atoms with E-state index in [4.69, 9.17) is 0 Å². The van der Waals surface area contributed by atoms with E-state index in [2.05, 4.69) is 0 Å². The Balaban J connectivity index is 1.43. The zero-order chi connectivity index (χ0) is 18.8. The average Bonchev–Trinajstić information content (AvgIpc) is 2.73. The van der Waals surface area contributed by atoms with Gasteiger partial charge in [-0.2, -0.15) is 0 Å². The summed E-state index contributed by atoms with van der Waals surface area (Å²) in [5, 5.41) is 12.2. The predicted molar refractivity (Wildman–Crippen MR) is 105 cm³/mol. The summed E-state index contributed by atoms with van der Waals surface area (Å²) >= 11 is 0. The summed E-state index contributed by atoms with van der Waals surface area (Å²) in [7, 11) is 0. The summed E-state index contributed by atoms with van der Waals surface area (Å²) in [5.74, 6) is 0.281. The van der Waals surface area contributed by atoms with Crippen LogP contribution in [0, 0.1) is 5.92 Å². The van der Waals surface area contributed by atoms with Crippen molar-refractivity contribution in [1.29, 1.82) is 0 Å². The molecule has 0 radical (unpaired) electrons. The van der Waals surface area contributed by atoms with Crippen LogP contribution >= 0.6 is 0 Å². The van der Waals surface area contributed by atoms with Crippen molar-refractivity contribution < 1.29 is 14.7 Å². The van der Waals surface area contributed by atoms with Gasteiger partial charge in [-0.15, -0.1) is 0 Å². The van der Waals surface area contributed by atoms with E-state index in [1.165, 1.54) is 6.42 Å². The number of phenols is 1. The molecule has 1 saturated heterocycles. The molecule has 0 aromatic heterocycles. The van der Waals surface area contributed by atoms with Crippen molar-refractivity contribution in [3.63, 3.8) is 0 Å². The number of hydrogen-bond donors (Lipinski definition) is 1. The maximum atomic E-state index is 12.9. The van der Waals surface area contributed by atoms with Gasteiger partial charge in [0.2, 0.25) is 5.91 Å². The van der Waals surface area contributed by atoms with Crippen LogP contribution in [0.15, 0.2) is 36.4 Å². The van der Waals surface area contributed by atoms with Crippen LogP contribution in [0.4, 0.5) is 0 Å². The lowest BCUT2D eigenvalue weighted by atomic mass is 9.88. The van der Waals surface area contributed by atoms with Gasteiger partial charge in [0.25, 0.3) is 5.91 Å². The van der Waals surface area contributed by atoms with E-state index in [9.17, 15) is 14.7 Å². The number of phenolic OH excluding ortho intramolecular Hbond substituents is 1. The molecule has 0 unspecified atom stereocenters. The highest BCUT2D eigenvalue weighted by atomic mass is 16.3. The van der Waals surface area contributed by atoms with E-state index in [0.717, 1.165) is 36.5 Å². The van der Waals surface area contributed by atoms with Crippen molar-refractivity contribution >= 4 is 22.6 Å². The minimum atomic E-state index is -0.164. The number of carbonyl (C=O) groups excluding carboxylic acids is 2. The second-order valence-corrected chi connectivity index (χ2v) is 7.67. The van der Waals surface area contributed by atoms with Crippen LogP contribution in [-0.2, 0) is 4.79 Å². The Morgan fingerprint density at radius 2 is 1.44 bits per heavy atom. The van der Waals surface area contributed by atoms with Crippen molar-refractivity contribution in [2.45, 2.75) is 32.1 Å². The molecule has 1 aliphatic heterocycles. The molecule has 27 heavy (non-hydrogen) atoms. The van der Waals surface area contributed by atoms with Gasteiger partial charge >= 0.3 is 0 Å². The third kappa shape index (κ3) is 3.64. The maximum Gasteiger partial charge on any atom is 0.257 e. The lowest BCUT2D eigenvalue weighted by Crippen LogP contribution is -2.52. The first-order valence-corrected chi connectivity index (χ1v) is 9.93. The fourth-order valence-electron chi connectivity index (χ4n) is 4.31. The van der Waals surface area contributed by atoms with Gasteiger partial charge in [-0.3, -0.25) is 9.59 Å². The average molecular weight is 366 g/mol. The smallest absolute Gasteiger partial charge is 0.257 e. The number of piperazine rings is 1. The third-order valence-corrected chi connectivity index (χ3v) is 5.93. The Hall–Kier alpha value is -2.56. The molecule has 1 N–H and O–H groups in total. The molecule has 0 atom stereocenters. The number of carbonyl (C=O) groups is 2. The normalized spacial score (nSPS) is 18.7. The van der Waals surface area contributed by atoms with Crippen molar-refractivity contribution in [2.75, 3.05) is 26.2 Å². The number of rotatable bonds is 2. The topological polar surface area (TPSA) is 60.9 Å². The van der Waals surface area contributed by atoms with Gasteiger partial charge in [0, 0.05) is 32.1 Å². The number of fused-ring (bicyclic) bond motifs is 1. The van der Waals surface area contributed by atoms with Crippen LogP contribution in [0.25, 0.3) is 10.8 Å². The van der Waals surface area contributed by atoms with Crippen LogP contribution in [0.1, 0.15) is 42.5 Å². The van der Waals surface area contributed by atoms with Gasteiger partial charge in [-0.25, -0.2) is 0 Å². The third-order valence-electron chi connectivity index (χ3n) is 5.93. The Bertz CT molecular complexity index is 850. The summed E-state index contributed by atoms with van der Waals surface area (Å²) in [5.41, 5.74) is 0.334. The van der Waals surface area contributed by atoms with Crippen molar-refractivity contribution in [2.24, 2.45) is 5.92 Å². The fourth-order valence-corrected chi connectivity index (χ4v) is 4.31. The van der Waals surface area contributed by atoms with E-state index in [1.54, 1.807) is 17.0 Å². The minimum absolute atomic E-state index is 0.0133. The molecule has 2 aliphatic rings. The first kappa shape index (κ1) is 17.8. The Morgan fingerprint density at radius 3 is 2.11 bits per heavy atom. The summed E-state index contributed by atoms with van der Waals surface area (Å²) in [6.07, 6.45) is 5.54. The second kappa shape index (κ2) is 7.59. The molecule has 5 heteroatoms. The first-order valence-electron chi connectivity index (χ1n) is 9.93. The van der Waals surface area contributed by atoms with Crippen molar-refractivity contribution in [3.05, 3.63) is 42.0 Å². The molecule has 1 heterocycles. The van der Waals surface area contributed by atoms with Crippen molar-refractivity contribution in [3.8, 4) is 5.75 Å². The molecule has 2 fully saturated rings. The highest BCUT2D eigenvalue weighted by Crippen LogP contribution is 2.28. The molecule has 0 bridgehead atoms. The highest BCUT2D eigenvalue weighted by Gasteiger charge is 2.30. The largest absolute Gasteiger partial charge is 0.507 e. The molecule has 5 nitrogen and oxygen atoms in total. The predicted octanol–water partition coefficient (Wildman–Crippen LogP) is 3.41. The highest BCUT2D eigenvalue weighted by molar-refractivity contribution is 6.01. The fraction of sp³-hybridized carbons (Fsp3) is 0.455. The SMILES string of the molecule is O=C(c1cc2ccccc2cc1O)N1CCN(C(=O)C2CCCCC2)CC1. The molecule has 1 aliphatic carbocycles. The standard InChI is InChI=1S/C22H26N2O3/c25-20-15-18-9-5-4-8-17(18)14-19(20)22(27)24-12-10-23(11-13-24)21(26)16-6-2-1-3-7-16/h4-5,8-9,14-16,25H,1-3,6-7,10-13H2. The second-order valence-electron chi connectivity index (χ2n) is 7.67. The number of aromatic hydroxyl groups is 1. The number of benzene rings is 2. The summed E-state index contributed by atoms with van der Waals surface area (Å²) in [6, 6.07) is 11.1. The number of hydrogen-bond acceptors (Lipinski definition) is 3. The number of amides is 2. The molecule has 142 valence electrons. The molecule has 2 aromatic rings. The van der Waals surface area contributed by atoms with Crippen molar-refractivity contribution in [1.82, 2.24) is 9.80 Å². The Kier molecular flexibility index (Phi) is 5.01. The minimum Gasteiger partial charge on any atom is -0.507 e. The lowest BCUT2D eigenvalue weighted by molar-refractivity contribution is -0.138.